The monoisotopic (exact) mass is 406 g/mol. The number of phosphoric acid groups is 1. The summed E-state index contributed by atoms with van der Waals surface area (Å²) in [6.07, 6.45) is 13.4. The Morgan fingerprint density at radius 1 is 0.630 bits per heavy atom. The Morgan fingerprint density at radius 3 is 1.52 bits per heavy atom. The molecule has 27 heavy (non-hydrogen) atoms. The van der Waals surface area contributed by atoms with E-state index in [0.29, 0.717) is 31.7 Å². The molecule has 0 amide bonds. The minimum absolute atomic E-state index is 0.424. The minimum Gasteiger partial charge on any atom is -0.287 e. The first-order valence-electron chi connectivity index (χ1n) is 11.6. The Labute approximate surface area is 169 Å². The van der Waals surface area contributed by atoms with Gasteiger partial charge in [0.1, 0.15) is 0 Å². The number of unbranched alkanes of at least 4 members (excludes halogenated alkanes) is 5. The molecule has 0 aliphatic rings. The standard InChI is InChI=1S/C22H47O4P/c1-6-11-14-15-18-24-27(23,25-19-21(9-4)16-12-7-2)26-20-22(10-5)17-13-8-3/h21-22H,6-20H2,1-5H3. The predicted octanol–water partition coefficient (Wildman–Crippen LogP) is 8.16. The van der Waals surface area contributed by atoms with Crippen LogP contribution in [0.3, 0.4) is 0 Å². The Kier molecular flexibility index (Phi) is 18.2. The number of hydrogen-bond acceptors (Lipinski definition) is 4. The third-order valence-electron chi connectivity index (χ3n) is 5.27. The largest absolute Gasteiger partial charge is 0.474 e. The van der Waals surface area contributed by atoms with Gasteiger partial charge in [-0.25, -0.2) is 4.57 Å². The first-order chi connectivity index (χ1) is 13.0. The van der Waals surface area contributed by atoms with Crippen molar-refractivity contribution in [3.8, 4) is 0 Å². The van der Waals surface area contributed by atoms with Crippen molar-refractivity contribution in [2.75, 3.05) is 19.8 Å². The zero-order valence-electron chi connectivity index (χ0n) is 18.8. The second-order valence-electron chi connectivity index (χ2n) is 7.77. The van der Waals surface area contributed by atoms with Crippen LogP contribution >= 0.6 is 7.82 Å². The molecule has 0 aromatic carbocycles. The van der Waals surface area contributed by atoms with Crippen molar-refractivity contribution in [2.45, 2.75) is 112 Å². The number of phosphoric ester groups is 1. The van der Waals surface area contributed by atoms with Crippen molar-refractivity contribution >= 4 is 7.82 Å². The molecule has 0 fully saturated rings. The van der Waals surface area contributed by atoms with E-state index in [1.165, 1.54) is 38.5 Å². The second kappa shape index (κ2) is 18.2. The van der Waals surface area contributed by atoms with Crippen LogP contribution in [0.4, 0.5) is 0 Å². The fourth-order valence-electron chi connectivity index (χ4n) is 3.01. The topological polar surface area (TPSA) is 44.8 Å². The highest BCUT2D eigenvalue weighted by Crippen LogP contribution is 2.50. The molecule has 5 heteroatoms. The zero-order valence-corrected chi connectivity index (χ0v) is 19.7. The van der Waals surface area contributed by atoms with E-state index >= 15 is 0 Å². The lowest BCUT2D eigenvalue weighted by atomic mass is 10.0. The summed E-state index contributed by atoms with van der Waals surface area (Å²) in [5.41, 5.74) is 0. The lowest BCUT2D eigenvalue weighted by Crippen LogP contribution is -2.14. The summed E-state index contributed by atoms with van der Waals surface area (Å²) >= 11 is 0. The Balaban J connectivity index is 4.63. The van der Waals surface area contributed by atoms with Gasteiger partial charge in [-0.05, 0) is 31.1 Å². The number of hydrogen-bond donors (Lipinski definition) is 0. The van der Waals surface area contributed by atoms with Crippen LogP contribution in [0.5, 0.6) is 0 Å². The van der Waals surface area contributed by atoms with Crippen molar-refractivity contribution in [1.29, 1.82) is 0 Å². The third-order valence-corrected chi connectivity index (χ3v) is 6.70. The van der Waals surface area contributed by atoms with E-state index in [1.807, 2.05) is 0 Å². The highest BCUT2D eigenvalue weighted by Gasteiger charge is 2.29. The molecule has 0 bridgehead atoms. The Morgan fingerprint density at radius 2 is 1.11 bits per heavy atom. The zero-order chi connectivity index (χ0) is 20.4. The van der Waals surface area contributed by atoms with Crippen molar-refractivity contribution in [1.82, 2.24) is 0 Å². The molecule has 4 nitrogen and oxygen atoms in total. The SMILES string of the molecule is CCCCCCOP(=O)(OCC(CC)CCCC)OCC(CC)CCCC. The molecular formula is C22H47O4P. The van der Waals surface area contributed by atoms with Gasteiger partial charge < -0.3 is 0 Å². The fraction of sp³-hybridized carbons (Fsp3) is 1.00. The Hall–Kier alpha value is 0.110. The van der Waals surface area contributed by atoms with E-state index < -0.39 is 7.82 Å². The first kappa shape index (κ1) is 27.1. The van der Waals surface area contributed by atoms with E-state index in [4.69, 9.17) is 13.6 Å². The van der Waals surface area contributed by atoms with E-state index in [-0.39, 0.29) is 0 Å². The molecule has 0 aromatic rings. The summed E-state index contributed by atoms with van der Waals surface area (Å²) in [7, 11) is -3.47. The van der Waals surface area contributed by atoms with Crippen LogP contribution in [0.25, 0.3) is 0 Å². The van der Waals surface area contributed by atoms with Gasteiger partial charge in [-0.15, -0.1) is 0 Å². The van der Waals surface area contributed by atoms with Crippen LogP contribution in [0.2, 0.25) is 0 Å². The predicted molar refractivity (Wildman–Crippen MR) is 116 cm³/mol. The molecule has 0 radical (unpaired) electrons. The Bertz CT molecular complexity index is 338. The summed E-state index contributed by atoms with van der Waals surface area (Å²) in [5.74, 6) is 0.847. The van der Waals surface area contributed by atoms with E-state index in [0.717, 1.165) is 38.5 Å². The minimum atomic E-state index is -3.47. The van der Waals surface area contributed by atoms with E-state index in [1.54, 1.807) is 0 Å². The van der Waals surface area contributed by atoms with Crippen molar-refractivity contribution in [3.05, 3.63) is 0 Å². The maximum Gasteiger partial charge on any atom is 0.474 e. The normalized spacial score (nSPS) is 16.2. The molecule has 0 aliphatic heterocycles. The van der Waals surface area contributed by atoms with Gasteiger partial charge in [0.15, 0.2) is 0 Å². The maximum absolute atomic E-state index is 13.2. The van der Waals surface area contributed by atoms with Gasteiger partial charge in [0.25, 0.3) is 0 Å². The fourth-order valence-corrected chi connectivity index (χ4v) is 4.37. The van der Waals surface area contributed by atoms with Gasteiger partial charge >= 0.3 is 7.82 Å². The van der Waals surface area contributed by atoms with E-state index in [2.05, 4.69) is 34.6 Å². The van der Waals surface area contributed by atoms with Gasteiger partial charge in [-0.1, -0.05) is 92.4 Å². The quantitative estimate of drug-likeness (QED) is 0.151. The summed E-state index contributed by atoms with van der Waals surface area (Å²) in [5, 5.41) is 0. The van der Waals surface area contributed by atoms with Crippen LogP contribution in [0, 0.1) is 11.8 Å². The van der Waals surface area contributed by atoms with Crippen LogP contribution in [-0.2, 0) is 18.1 Å². The molecule has 0 aliphatic carbocycles. The second-order valence-corrected chi connectivity index (χ2v) is 9.43. The van der Waals surface area contributed by atoms with Gasteiger partial charge in [0, 0.05) is 0 Å². The molecule has 0 saturated heterocycles. The van der Waals surface area contributed by atoms with E-state index in [9.17, 15) is 4.57 Å². The van der Waals surface area contributed by atoms with Crippen molar-refractivity contribution in [3.63, 3.8) is 0 Å². The maximum atomic E-state index is 13.2. The average molecular weight is 407 g/mol. The molecule has 2 atom stereocenters. The molecule has 0 spiro atoms. The molecule has 0 heterocycles. The third kappa shape index (κ3) is 14.7. The molecule has 2 unspecified atom stereocenters. The molecule has 0 saturated carbocycles. The summed E-state index contributed by atoms with van der Waals surface area (Å²) in [4.78, 5) is 0. The van der Waals surface area contributed by atoms with Crippen molar-refractivity contribution < 1.29 is 18.1 Å². The van der Waals surface area contributed by atoms with Crippen molar-refractivity contribution in [2.24, 2.45) is 11.8 Å². The first-order valence-corrected chi connectivity index (χ1v) is 13.0. The molecule has 0 N–H and O–H groups in total. The summed E-state index contributed by atoms with van der Waals surface area (Å²) in [6.45, 7) is 12.3. The summed E-state index contributed by atoms with van der Waals surface area (Å²) < 4.78 is 30.4. The van der Waals surface area contributed by atoms with Gasteiger partial charge in [-0.3, -0.25) is 13.6 Å². The molecule has 0 aromatic heterocycles. The van der Waals surface area contributed by atoms with Gasteiger partial charge in [-0.2, -0.15) is 0 Å². The van der Waals surface area contributed by atoms with Crippen LogP contribution in [0.15, 0.2) is 0 Å². The molecule has 0 rings (SSSR count). The van der Waals surface area contributed by atoms with Gasteiger partial charge in [0.05, 0.1) is 19.8 Å². The smallest absolute Gasteiger partial charge is 0.287 e. The highest BCUT2D eigenvalue weighted by molar-refractivity contribution is 7.48. The van der Waals surface area contributed by atoms with Crippen LogP contribution < -0.4 is 0 Å². The highest BCUT2D eigenvalue weighted by atomic mass is 31.2. The lowest BCUT2D eigenvalue weighted by Gasteiger charge is -2.23. The van der Waals surface area contributed by atoms with Crippen LogP contribution in [0.1, 0.15) is 112 Å². The van der Waals surface area contributed by atoms with Crippen LogP contribution in [-0.4, -0.2) is 19.8 Å². The van der Waals surface area contributed by atoms with Gasteiger partial charge in [0.2, 0.25) is 0 Å². The molecule has 164 valence electrons. The average Bonchev–Trinajstić information content (AvgIpc) is 2.68. The lowest BCUT2D eigenvalue weighted by molar-refractivity contribution is 0.0832. The molecular weight excluding hydrogens is 359 g/mol. The summed E-state index contributed by atoms with van der Waals surface area (Å²) in [6, 6.07) is 0. The number of rotatable bonds is 20.